The van der Waals surface area contributed by atoms with E-state index in [1.165, 1.54) is 24.3 Å². The number of hydrogen-bond donors (Lipinski definition) is 0. The molecule has 5 nitrogen and oxygen atoms in total. The maximum absolute atomic E-state index is 13.9. The van der Waals surface area contributed by atoms with Crippen LogP contribution in [0.3, 0.4) is 0 Å². The molecule has 0 unspecified atom stereocenters. The second-order valence-corrected chi connectivity index (χ2v) is 8.51. The van der Waals surface area contributed by atoms with E-state index in [9.17, 15) is 21.6 Å². The standard InChI is InChI=1S/C20H16F3N3O2S/c1-13-5-3-4-6-16(13)17-18(14-7-9-15(10-8-14)29(2,27)28)25-26(12-11-24)19(17)20(21,22)23/h3-10H,12H2,1-2H3. The van der Waals surface area contributed by atoms with Gasteiger partial charge in [-0.3, -0.25) is 0 Å². The Morgan fingerprint density at radius 1 is 1.10 bits per heavy atom. The Morgan fingerprint density at radius 3 is 2.24 bits per heavy atom. The second kappa shape index (κ2) is 7.37. The number of alkyl halides is 3. The maximum atomic E-state index is 13.9. The summed E-state index contributed by atoms with van der Waals surface area (Å²) in [5, 5.41) is 13.1. The molecule has 3 aromatic rings. The third kappa shape index (κ3) is 4.03. The lowest BCUT2D eigenvalue weighted by Gasteiger charge is -2.13. The molecule has 0 aliphatic carbocycles. The molecule has 0 atom stereocenters. The summed E-state index contributed by atoms with van der Waals surface area (Å²) in [6.07, 6.45) is -3.70. The SMILES string of the molecule is Cc1ccccc1-c1c(-c2ccc(S(C)(=O)=O)cc2)nn(CC#N)c1C(F)(F)F. The van der Waals surface area contributed by atoms with Crippen LogP contribution >= 0.6 is 0 Å². The average molecular weight is 419 g/mol. The van der Waals surface area contributed by atoms with Crippen LogP contribution in [0.15, 0.2) is 53.4 Å². The fourth-order valence-corrected chi connectivity index (χ4v) is 3.73. The van der Waals surface area contributed by atoms with Crippen LogP contribution in [0.5, 0.6) is 0 Å². The van der Waals surface area contributed by atoms with E-state index >= 15 is 0 Å². The van der Waals surface area contributed by atoms with E-state index in [-0.39, 0.29) is 16.2 Å². The number of halogens is 3. The Morgan fingerprint density at radius 2 is 1.72 bits per heavy atom. The first-order chi connectivity index (χ1) is 13.5. The van der Waals surface area contributed by atoms with Gasteiger partial charge in [-0.15, -0.1) is 0 Å². The summed E-state index contributed by atoms with van der Waals surface area (Å²) < 4.78 is 65.9. The second-order valence-electron chi connectivity index (χ2n) is 6.50. The van der Waals surface area contributed by atoms with Crippen molar-refractivity contribution in [1.29, 1.82) is 5.26 Å². The van der Waals surface area contributed by atoms with E-state index in [2.05, 4.69) is 5.10 Å². The minimum Gasteiger partial charge on any atom is -0.245 e. The lowest BCUT2D eigenvalue weighted by Crippen LogP contribution is -2.15. The summed E-state index contributed by atoms with van der Waals surface area (Å²) in [5.41, 5.74) is 0.142. The lowest BCUT2D eigenvalue weighted by molar-refractivity contribution is -0.143. The number of nitriles is 1. The number of aryl methyl sites for hydroxylation is 1. The molecule has 0 aliphatic heterocycles. The fourth-order valence-electron chi connectivity index (χ4n) is 3.10. The molecule has 0 bridgehead atoms. The molecule has 0 N–H and O–H groups in total. The van der Waals surface area contributed by atoms with Gasteiger partial charge in [-0.05, 0) is 30.2 Å². The van der Waals surface area contributed by atoms with Crippen molar-refractivity contribution in [2.75, 3.05) is 6.26 Å². The summed E-state index contributed by atoms with van der Waals surface area (Å²) in [7, 11) is -3.45. The molecule has 0 spiro atoms. The lowest BCUT2D eigenvalue weighted by atomic mass is 9.95. The molecular weight excluding hydrogens is 403 g/mol. The van der Waals surface area contributed by atoms with Crippen LogP contribution in [0.25, 0.3) is 22.4 Å². The highest BCUT2D eigenvalue weighted by atomic mass is 32.2. The van der Waals surface area contributed by atoms with E-state index in [1.807, 2.05) is 0 Å². The highest BCUT2D eigenvalue weighted by molar-refractivity contribution is 7.90. The molecule has 0 saturated heterocycles. The number of hydrogen-bond acceptors (Lipinski definition) is 4. The van der Waals surface area contributed by atoms with Crippen LogP contribution in [0.2, 0.25) is 0 Å². The van der Waals surface area contributed by atoms with Crippen molar-refractivity contribution in [2.45, 2.75) is 24.5 Å². The molecule has 29 heavy (non-hydrogen) atoms. The number of benzene rings is 2. The maximum Gasteiger partial charge on any atom is 0.433 e. The number of sulfone groups is 1. The van der Waals surface area contributed by atoms with Gasteiger partial charge < -0.3 is 0 Å². The predicted octanol–water partition coefficient (Wildman–Crippen LogP) is 4.47. The van der Waals surface area contributed by atoms with E-state index < -0.39 is 28.3 Å². The fraction of sp³-hybridized carbons (Fsp3) is 0.200. The first kappa shape index (κ1) is 20.6. The Kier molecular flexibility index (Phi) is 5.24. The zero-order valence-corrected chi connectivity index (χ0v) is 16.3. The molecule has 2 aromatic carbocycles. The van der Waals surface area contributed by atoms with Crippen LogP contribution < -0.4 is 0 Å². The summed E-state index contributed by atoms with van der Waals surface area (Å²) in [6.45, 7) is 1.11. The molecular formula is C20H16F3N3O2S. The van der Waals surface area contributed by atoms with Crippen molar-refractivity contribution in [3.05, 3.63) is 59.8 Å². The molecule has 9 heteroatoms. The van der Waals surface area contributed by atoms with Gasteiger partial charge >= 0.3 is 6.18 Å². The van der Waals surface area contributed by atoms with Crippen LogP contribution in [0.1, 0.15) is 11.3 Å². The van der Waals surface area contributed by atoms with E-state index in [0.29, 0.717) is 21.4 Å². The molecule has 150 valence electrons. The minimum absolute atomic E-state index is 0.0296. The molecule has 0 saturated carbocycles. The molecule has 1 aromatic heterocycles. The average Bonchev–Trinajstić information content (AvgIpc) is 3.01. The monoisotopic (exact) mass is 419 g/mol. The van der Waals surface area contributed by atoms with E-state index in [4.69, 9.17) is 5.26 Å². The Labute approximate surface area is 165 Å². The Bertz CT molecular complexity index is 1210. The topological polar surface area (TPSA) is 75.8 Å². The molecule has 0 aliphatic rings. The number of nitrogens with zero attached hydrogens (tertiary/aromatic N) is 3. The predicted molar refractivity (Wildman–Crippen MR) is 102 cm³/mol. The van der Waals surface area contributed by atoms with Gasteiger partial charge in [0.15, 0.2) is 15.5 Å². The zero-order chi connectivity index (χ0) is 21.4. The third-order valence-electron chi connectivity index (χ3n) is 4.41. The van der Waals surface area contributed by atoms with Crippen molar-refractivity contribution in [3.63, 3.8) is 0 Å². The number of aromatic nitrogens is 2. The molecule has 0 amide bonds. The van der Waals surface area contributed by atoms with Crippen LogP contribution in [0.4, 0.5) is 13.2 Å². The molecule has 0 radical (unpaired) electrons. The van der Waals surface area contributed by atoms with Gasteiger partial charge in [0.1, 0.15) is 12.2 Å². The quantitative estimate of drug-likeness (QED) is 0.625. The largest absolute Gasteiger partial charge is 0.433 e. The minimum atomic E-state index is -4.74. The van der Waals surface area contributed by atoms with Crippen molar-refractivity contribution >= 4 is 9.84 Å². The van der Waals surface area contributed by atoms with Gasteiger partial charge in [0, 0.05) is 17.4 Å². The van der Waals surface area contributed by atoms with Gasteiger partial charge in [0.25, 0.3) is 0 Å². The number of rotatable bonds is 4. The van der Waals surface area contributed by atoms with E-state index in [0.717, 1.165) is 6.26 Å². The van der Waals surface area contributed by atoms with Crippen molar-refractivity contribution in [3.8, 4) is 28.5 Å². The zero-order valence-electron chi connectivity index (χ0n) is 15.5. The summed E-state index contributed by atoms with van der Waals surface area (Å²) >= 11 is 0. The van der Waals surface area contributed by atoms with Crippen molar-refractivity contribution in [1.82, 2.24) is 9.78 Å². The van der Waals surface area contributed by atoms with Crippen molar-refractivity contribution in [2.24, 2.45) is 0 Å². The van der Waals surface area contributed by atoms with Crippen LogP contribution in [-0.2, 0) is 22.6 Å². The van der Waals surface area contributed by atoms with Crippen LogP contribution in [-0.4, -0.2) is 24.5 Å². The van der Waals surface area contributed by atoms with Crippen molar-refractivity contribution < 1.29 is 21.6 Å². The first-order valence-corrected chi connectivity index (χ1v) is 10.3. The first-order valence-electron chi connectivity index (χ1n) is 8.45. The van der Waals surface area contributed by atoms with Gasteiger partial charge in [-0.1, -0.05) is 36.4 Å². The highest BCUT2D eigenvalue weighted by Gasteiger charge is 2.41. The third-order valence-corrected chi connectivity index (χ3v) is 5.54. The van der Waals surface area contributed by atoms with Gasteiger partial charge in [-0.25, -0.2) is 13.1 Å². The normalized spacial score (nSPS) is 12.0. The van der Waals surface area contributed by atoms with Gasteiger partial charge in [-0.2, -0.15) is 23.5 Å². The smallest absolute Gasteiger partial charge is 0.245 e. The van der Waals surface area contributed by atoms with E-state index in [1.54, 1.807) is 37.3 Å². The molecule has 3 rings (SSSR count). The van der Waals surface area contributed by atoms with Gasteiger partial charge in [0.05, 0.1) is 11.0 Å². The summed E-state index contributed by atoms with van der Waals surface area (Å²) in [4.78, 5) is 0.0474. The Balaban J connectivity index is 2.35. The van der Waals surface area contributed by atoms with Crippen LogP contribution in [0, 0.1) is 18.3 Å². The Hall–Kier alpha value is -3.12. The molecule has 0 fully saturated rings. The highest BCUT2D eigenvalue weighted by Crippen LogP contribution is 2.43. The molecule has 1 heterocycles. The van der Waals surface area contributed by atoms with Gasteiger partial charge in [0.2, 0.25) is 0 Å². The summed E-state index contributed by atoms with van der Waals surface area (Å²) in [6, 6.07) is 13.8. The summed E-state index contributed by atoms with van der Waals surface area (Å²) in [5.74, 6) is 0.